The van der Waals surface area contributed by atoms with Gasteiger partial charge in [-0.15, -0.1) is 12.4 Å². The lowest BCUT2D eigenvalue weighted by molar-refractivity contribution is -0.156. The molecule has 25 heavy (non-hydrogen) atoms. The number of carbonyl (C=O) groups is 2. The average Bonchev–Trinajstić information content (AvgIpc) is 2.59. The molecule has 0 bridgehead atoms. The second-order valence-electron chi connectivity index (χ2n) is 6.62. The third-order valence-corrected chi connectivity index (χ3v) is 4.81. The molecule has 2 aliphatic rings. The molecule has 2 fully saturated rings. The Kier molecular flexibility index (Phi) is 7.23. The van der Waals surface area contributed by atoms with Crippen molar-refractivity contribution in [2.24, 2.45) is 5.92 Å². The number of benzene rings is 1. The third kappa shape index (κ3) is 4.93. The van der Waals surface area contributed by atoms with Gasteiger partial charge in [-0.25, -0.2) is 0 Å². The van der Waals surface area contributed by atoms with Crippen LogP contribution in [0.1, 0.15) is 18.9 Å². The number of morpholine rings is 1. The number of amides is 2. The normalized spacial score (nSPS) is 26.7. The fourth-order valence-corrected chi connectivity index (χ4v) is 3.31. The molecule has 3 atom stereocenters. The largest absolute Gasteiger partial charge is 0.369 e. The van der Waals surface area contributed by atoms with Crippen molar-refractivity contribution in [3.63, 3.8) is 0 Å². The van der Waals surface area contributed by atoms with Gasteiger partial charge in [0.15, 0.2) is 0 Å². The Balaban J connectivity index is 0.00000225. The summed E-state index contributed by atoms with van der Waals surface area (Å²) in [6, 6.07) is 9.33. The third-order valence-electron chi connectivity index (χ3n) is 4.81. The van der Waals surface area contributed by atoms with Gasteiger partial charge in [0, 0.05) is 12.6 Å². The summed E-state index contributed by atoms with van der Waals surface area (Å²) in [5.74, 6) is 0.131. The molecular weight excluding hydrogens is 342 g/mol. The van der Waals surface area contributed by atoms with E-state index in [0.717, 1.165) is 25.1 Å². The molecular formula is C18H26ClN3O3. The molecule has 2 aliphatic heterocycles. The summed E-state index contributed by atoms with van der Waals surface area (Å²) in [5.41, 5.74) is 1.01. The van der Waals surface area contributed by atoms with Gasteiger partial charge in [-0.1, -0.05) is 37.3 Å². The Bertz CT molecular complexity index is 584. The summed E-state index contributed by atoms with van der Waals surface area (Å²) in [7, 11) is 0. The highest BCUT2D eigenvalue weighted by Crippen LogP contribution is 2.16. The summed E-state index contributed by atoms with van der Waals surface area (Å²) in [6.45, 7) is 4.66. The second-order valence-corrected chi connectivity index (χ2v) is 6.62. The molecule has 7 heteroatoms. The number of carbonyl (C=O) groups excluding carboxylic acids is 2. The fraction of sp³-hybridized carbons (Fsp3) is 0.556. The van der Waals surface area contributed by atoms with Crippen molar-refractivity contribution in [1.82, 2.24) is 15.5 Å². The van der Waals surface area contributed by atoms with Gasteiger partial charge in [-0.05, 0) is 31.0 Å². The zero-order valence-corrected chi connectivity index (χ0v) is 15.3. The van der Waals surface area contributed by atoms with E-state index in [-0.39, 0.29) is 43.5 Å². The van der Waals surface area contributed by atoms with Crippen LogP contribution in [0.15, 0.2) is 30.3 Å². The number of nitrogens with one attached hydrogen (secondary N) is 2. The van der Waals surface area contributed by atoms with Crippen LogP contribution in [0.4, 0.5) is 0 Å². The number of hydrogen-bond acceptors (Lipinski definition) is 4. The summed E-state index contributed by atoms with van der Waals surface area (Å²) in [6.07, 6.45) is 0.910. The molecule has 2 amide bonds. The van der Waals surface area contributed by atoms with Crippen LogP contribution < -0.4 is 10.6 Å². The Morgan fingerprint density at radius 2 is 2.12 bits per heavy atom. The van der Waals surface area contributed by atoms with Gasteiger partial charge in [0.2, 0.25) is 11.8 Å². The molecule has 1 aromatic rings. The monoisotopic (exact) mass is 367 g/mol. The number of hydrogen-bond donors (Lipinski definition) is 2. The van der Waals surface area contributed by atoms with Gasteiger partial charge in [0.05, 0.1) is 6.61 Å². The summed E-state index contributed by atoms with van der Waals surface area (Å²) in [5, 5.41) is 6.45. The molecule has 3 rings (SSSR count). The minimum absolute atomic E-state index is 0. The van der Waals surface area contributed by atoms with E-state index < -0.39 is 6.04 Å². The predicted octanol–water partition coefficient (Wildman–Crippen LogP) is 0.950. The van der Waals surface area contributed by atoms with Crippen LogP contribution in [0, 0.1) is 5.92 Å². The van der Waals surface area contributed by atoms with Crippen molar-refractivity contribution < 1.29 is 14.3 Å². The minimum Gasteiger partial charge on any atom is -0.369 e. The van der Waals surface area contributed by atoms with Gasteiger partial charge >= 0.3 is 0 Å². The Morgan fingerprint density at radius 1 is 1.36 bits per heavy atom. The van der Waals surface area contributed by atoms with Crippen LogP contribution in [0.3, 0.4) is 0 Å². The number of piperidine rings is 1. The lowest BCUT2D eigenvalue weighted by atomic mass is 9.95. The molecule has 0 spiro atoms. The number of rotatable bonds is 4. The zero-order chi connectivity index (χ0) is 16.9. The van der Waals surface area contributed by atoms with Crippen LogP contribution >= 0.6 is 12.4 Å². The van der Waals surface area contributed by atoms with E-state index in [1.807, 2.05) is 30.3 Å². The molecule has 2 unspecified atom stereocenters. The predicted molar refractivity (Wildman–Crippen MR) is 97.4 cm³/mol. The van der Waals surface area contributed by atoms with E-state index in [1.165, 1.54) is 0 Å². The number of nitrogens with zero attached hydrogens (tertiary/aromatic N) is 1. The molecule has 2 heterocycles. The topological polar surface area (TPSA) is 70.7 Å². The van der Waals surface area contributed by atoms with Gasteiger partial charge in [-0.2, -0.15) is 0 Å². The lowest BCUT2D eigenvalue weighted by Gasteiger charge is -2.37. The minimum atomic E-state index is -0.562. The molecule has 2 saturated heterocycles. The molecule has 138 valence electrons. The SMILES string of the molecule is CC1CNCCC1NC(=O)[C@H]1COCC(=O)N1Cc1ccccc1.Cl. The van der Waals surface area contributed by atoms with E-state index >= 15 is 0 Å². The van der Waals surface area contributed by atoms with Crippen LogP contribution in [-0.2, 0) is 20.9 Å². The molecule has 0 aliphatic carbocycles. The first-order valence-electron chi connectivity index (χ1n) is 8.57. The second kappa shape index (κ2) is 9.17. The van der Waals surface area contributed by atoms with Crippen molar-refractivity contribution in [2.75, 3.05) is 26.3 Å². The first kappa shape index (κ1) is 19.7. The number of ether oxygens (including phenoxy) is 1. The van der Waals surface area contributed by atoms with Crippen LogP contribution in [-0.4, -0.2) is 55.1 Å². The Hall–Kier alpha value is -1.63. The Morgan fingerprint density at radius 3 is 2.84 bits per heavy atom. The van der Waals surface area contributed by atoms with Gasteiger partial charge < -0.3 is 20.3 Å². The maximum atomic E-state index is 12.8. The first-order valence-corrected chi connectivity index (χ1v) is 8.57. The van der Waals surface area contributed by atoms with Gasteiger partial charge in [0.1, 0.15) is 12.6 Å². The molecule has 0 radical (unpaired) electrons. The first-order chi connectivity index (χ1) is 11.6. The van der Waals surface area contributed by atoms with Crippen molar-refractivity contribution in [3.05, 3.63) is 35.9 Å². The fourth-order valence-electron chi connectivity index (χ4n) is 3.31. The van der Waals surface area contributed by atoms with Crippen LogP contribution in [0.5, 0.6) is 0 Å². The van der Waals surface area contributed by atoms with E-state index in [9.17, 15) is 9.59 Å². The van der Waals surface area contributed by atoms with E-state index in [2.05, 4.69) is 17.6 Å². The molecule has 2 N–H and O–H groups in total. The standard InChI is InChI=1S/C18H25N3O3.ClH/c1-13-9-19-8-7-15(13)20-18(23)16-11-24-12-17(22)21(16)10-14-5-3-2-4-6-14;/h2-6,13,15-16,19H,7-12H2,1H3,(H,20,23);1H/t13?,15?,16-;/m1./s1. The van der Waals surface area contributed by atoms with Crippen LogP contribution in [0.25, 0.3) is 0 Å². The zero-order valence-electron chi connectivity index (χ0n) is 14.4. The highest BCUT2D eigenvalue weighted by Gasteiger charge is 2.35. The van der Waals surface area contributed by atoms with Crippen molar-refractivity contribution in [1.29, 1.82) is 0 Å². The number of halogens is 1. The molecule has 1 aromatic carbocycles. The lowest BCUT2D eigenvalue weighted by Crippen LogP contribution is -2.59. The van der Waals surface area contributed by atoms with Gasteiger partial charge in [0.25, 0.3) is 0 Å². The van der Waals surface area contributed by atoms with Crippen molar-refractivity contribution in [3.8, 4) is 0 Å². The summed E-state index contributed by atoms with van der Waals surface area (Å²) >= 11 is 0. The maximum Gasteiger partial charge on any atom is 0.249 e. The smallest absolute Gasteiger partial charge is 0.249 e. The van der Waals surface area contributed by atoms with E-state index in [1.54, 1.807) is 4.90 Å². The Labute approximate surface area is 154 Å². The quantitative estimate of drug-likeness (QED) is 0.831. The highest BCUT2D eigenvalue weighted by atomic mass is 35.5. The molecule has 0 saturated carbocycles. The summed E-state index contributed by atoms with van der Waals surface area (Å²) in [4.78, 5) is 26.7. The van der Waals surface area contributed by atoms with Gasteiger partial charge in [-0.3, -0.25) is 9.59 Å². The maximum absolute atomic E-state index is 12.8. The summed E-state index contributed by atoms with van der Waals surface area (Å²) < 4.78 is 5.34. The van der Waals surface area contributed by atoms with Crippen molar-refractivity contribution >= 4 is 24.2 Å². The average molecular weight is 368 g/mol. The molecule has 6 nitrogen and oxygen atoms in total. The van der Waals surface area contributed by atoms with E-state index in [0.29, 0.717) is 12.5 Å². The molecule has 0 aromatic heterocycles. The highest BCUT2D eigenvalue weighted by molar-refractivity contribution is 5.89. The van der Waals surface area contributed by atoms with Crippen LogP contribution in [0.2, 0.25) is 0 Å². The van der Waals surface area contributed by atoms with Crippen molar-refractivity contribution in [2.45, 2.75) is 32.0 Å². The van der Waals surface area contributed by atoms with E-state index in [4.69, 9.17) is 4.74 Å².